The molecule has 0 aliphatic carbocycles. The summed E-state index contributed by atoms with van der Waals surface area (Å²) in [5.74, 6) is -0.214. The van der Waals surface area contributed by atoms with Gasteiger partial charge < -0.3 is 4.74 Å². The summed E-state index contributed by atoms with van der Waals surface area (Å²) in [5.41, 5.74) is 1.86. The van der Waals surface area contributed by atoms with Crippen LogP contribution in [0, 0.1) is 0 Å². The highest BCUT2D eigenvalue weighted by atomic mass is 35.5. The van der Waals surface area contributed by atoms with Crippen LogP contribution in [-0.2, 0) is 14.8 Å². The van der Waals surface area contributed by atoms with Crippen molar-refractivity contribution in [1.29, 1.82) is 0 Å². The van der Waals surface area contributed by atoms with E-state index in [2.05, 4.69) is 4.90 Å². The van der Waals surface area contributed by atoms with Crippen LogP contribution in [0.1, 0.15) is 10.4 Å². The number of anilines is 2. The van der Waals surface area contributed by atoms with Gasteiger partial charge in [-0.3, -0.25) is 18.9 Å². The molecule has 40 heavy (non-hydrogen) atoms. The van der Waals surface area contributed by atoms with E-state index in [9.17, 15) is 13.2 Å². The molecule has 12 heteroatoms. The number of nitrogens with zero attached hydrogens (tertiary/aromatic N) is 4. The van der Waals surface area contributed by atoms with Gasteiger partial charge in [0, 0.05) is 43.7 Å². The predicted octanol–water partition coefficient (Wildman–Crippen LogP) is 5.24. The van der Waals surface area contributed by atoms with Crippen molar-refractivity contribution in [3.63, 3.8) is 0 Å². The van der Waals surface area contributed by atoms with Gasteiger partial charge in [0.1, 0.15) is 0 Å². The Labute approximate surface area is 249 Å². The van der Waals surface area contributed by atoms with Gasteiger partial charge in [0.2, 0.25) is 0 Å². The summed E-state index contributed by atoms with van der Waals surface area (Å²) in [7, 11) is -2.26. The number of hydrogen-bond acceptors (Lipinski definition) is 8. The van der Waals surface area contributed by atoms with Gasteiger partial charge in [-0.15, -0.1) is 24.2 Å². The molecular weight excluding hydrogens is 588 g/mol. The molecule has 0 spiro atoms. The van der Waals surface area contributed by atoms with E-state index >= 15 is 0 Å². The molecule has 1 saturated heterocycles. The number of fused-ring (bicyclic) bond motifs is 1. The molecule has 1 fully saturated rings. The van der Waals surface area contributed by atoms with Gasteiger partial charge in [0.05, 0.1) is 34.0 Å². The largest absolute Gasteiger partial charge is 0.379 e. The average Bonchev–Trinajstić information content (AvgIpc) is 3.42. The Morgan fingerprint density at radius 3 is 2.40 bits per heavy atom. The first kappa shape index (κ1) is 30.3. The van der Waals surface area contributed by atoms with E-state index in [1.54, 1.807) is 53.1 Å². The Bertz CT molecular complexity index is 1540. The van der Waals surface area contributed by atoms with Gasteiger partial charge in [-0.2, -0.15) is 0 Å². The van der Waals surface area contributed by atoms with E-state index in [1.165, 1.54) is 34.8 Å². The molecule has 4 aromatic rings. The standard InChI is InChI=1S/C28H30N4O4S3.ClH/c1-30(22-7-4-3-5-8-22)39(34,35)23-13-11-21(12-14-23)27(33)32(16-15-31-17-19-36-20-18-31)28-29-26-24(37-2)9-6-10-25(26)38-28;/h3-14H,15-20H2,1-2H3;1H. The van der Waals surface area contributed by atoms with Gasteiger partial charge in [-0.1, -0.05) is 35.6 Å². The maximum absolute atomic E-state index is 13.8. The van der Waals surface area contributed by atoms with Gasteiger partial charge in [0.25, 0.3) is 15.9 Å². The fourth-order valence-corrected chi connectivity index (χ4v) is 7.24. The number of halogens is 1. The molecule has 1 aliphatic rings. The molecule has 0 N–H and O–H groups in total. The van der Waals surface area contributed by atoms with Crippen LogP contribution in [0.25, 0.3) is 10.2 Å². The Morgan fingerprint density at radius 1 is 1.02 bits per heavy atom. The third-order valence-corrected chi connectivity index (χ3v) is 10.3. The van der Waals surface area contributed by atoms with Crippen molar-refractivity contribution in [3.8, 4) is 0 Å². The molecule has 3 aromatic carbocycles. The Balaban J connectivity index is 0.00000370. The lowest BCUT2D eigenvalue weighted by atomic mass is 10.2. The molecule has 0 saturated carbocycles. The number of amides is 1. The summed E-state index contributed by atoms with van der Waals surface area (Å²) in [5, 5.41) is 0.630. The number of morpholine rings is 1. The SMILES string of the molecule is CSc1cccc2sc(N(CCN3CCOCC3)C(=O)c3ccc(S(=O)(=O)N(C)c4ccccc4)cc3)nc12.Cl. The molecule has 5 rings (SSSR count). The quantitative estimate of drug-likeness (QED) is 0.237. The molecule has 0 atom stereocenters. The number of aromatic nitrogens is 1. The zero-order chi connectivity index (χ0) is 27.4. The number of thioether (sulfide) groups is 1. The first-order valence-corrected chi connectivity index (χ1v) is 16.1. The van der Waals surface area contributed by atoms with E-state index < -0.39 is 10.0 Å². The number of hydrogen-bond donors (Lipinski definition) is 0. The van der Waals surface area contributed by atoms with Crippen molar-refractivity contribution in [2.24, 2.45) is 0 Å². The van der Waals surface area contributed by atoms with Crippen LogP contribution in [0.5, 0.6) is 0 Å². The van der Waals surface area contributed by atoms with Crippen LogP contribution in [0.15, 0.2) is 82.6 Å². The Morgan fingerprint density at radius 2 is 1.73 bits per heavy atom. The molecule has 1 aromatic heterocycles. The number of ether oxygens (including phenoxy) is 1. The van der Waals surface area contributed by atoms with E-state index in [4.69, 9.17) is 9.72 Å². The van der Waals surface area contributed by atoms with Gasteiger partial charge in [0.15, 0.2) is 5.13 Å². The van der Waals surface area contributed by atoms with Crippen LogP contribution >= 0.6 is 35.5 Å². The second kappa shape index (κ2) is 13.3. The highest BCUT2D eigenvalue weighted by Crippen LogP contribution is 2.34. The lowest BCUT2D eigenvalue weighted by molar-refractivity contribution is 0.0391. The summed E-state index contributed by atoms with van der Waals surface area (Å²) >= 11 is 3.11. The zero-order valence-electron chi connectivity index (χ0n) is 22.2. The fraction of sp³-hybridized carbons (Fsp3) is 0.286. The highest BCUT2D eigenvalue weighted by Gasteiger charge is 2.25. The minimum absolute atomic E-state index is 0. The molecule has 8 nitrogen and oxygen atoms in total. The van der Waals surface area contributed by atoms with E-state index in [1.807, 2.05) is 30.5 Å². The molecule has 1 aliphatic heterocycles. The molecule has 1 amide bonds. The fourth-order valence-electron chi connectivity index (χ4n) is 4.40. The first-order valence-electron chi connectivity index (χ1n) is 12.6. The normalized spacial score (nSPS) is 14.1. The van der Waals surface area contributed by atoms with Crippen LogP contribution in [-0.4, -0.2) is 76.9 Å². The van der Waals surface area contributed by atoms with Crippen molar-refractivity contribution >= 4 is 72.5 Å². The number of sulfonamides is 1. The summed E-state index contributed by atoms with van der Waals surface area (Å²) in [4.78, 5) is 23.9. The number of benzene rings is 3. The highest BCUT2D eigenvalue weighted by molar-refractivity contribution is 7.98. The van der Waals surface area contributed by atoms with Gasteiger partial charge >= 0.3 is 0 Å². The zero-order valence-corrected chi connectivity index (χ0v) is 25.5. The monoisotopic (exact) mass is 618 g/mol. The van der Waals surface area contributed by atoms with Gasteiger partial charge in [-0.05, 0) is 54.8 Å². The number of carbonyl (C=O) groups excluding carboxylic acids is 1. The lowest BCUT2D eigenvalue weighted by Crippen LogP contribution is -2.43. The summed E-state index contributed by atoms with van der Waals surface area (Å²) in [6, 6.07) is 21.1. The van der Waals surface area contributed by atoms with Crippen LogP contribution in [0.3, 0.4) is 0 Å². The van der Waals surface area contributed by atoms with Crippen molar-refractivity contribution < 1.29 is 17.9 Å². The van der Waals surface area contributed by atoms with E-state index in [0.29, 0.717) is 42.7 Å². The summed E-state index contributed by atoms with van der Waals surface area (Å²) < 4.78 is 34.2. The second-order valence-corrected chi connectivity index (χ2v) is 12.9. The molecule has 2 heterocycles. The number of para-hydroxylation sites is 2. The predicted molar refractivity (Wildman–Crippen MR) is 166 cm³/mol. The van der Waals surface area contributed by atoms with Crippen molar-refractivity contribution in [3.05, 3.63) is 78.4 Å². The van der Waals surface area contributed by atoms with Crippen LogP contribution in [0.2, 0.25) is 0 Å². The van der Waals surface area contributed by atoms with E-state index in [0.717, 1.165) is 28.2 Å². The molecule has 212 valence electrons. The average molecular weight is 619 g/mol. The number of carbonyl (C=O) groups is 1. The molecular formula is C28H31ClN4O4S3. The minimum atomic E-state index is -3.78. The summed E-state index contributed by atoms with van der Waals surface area (Å²) in [6.07, 6.45) is 2.01. The van der Waals surface area contributed by atoms with Crippen molar-refractivity contribution in [2.75, 3.05) is 61.9 Å². The minimum Gasteiger partial charge on any atom is -0.379 e. The second-order valence-electron chi connectivity index (χ2n) is 9.05. The van der Waals surface area contributed by atoms with Crippen LogP contribution < -0.4 is 9.21 Å². The number of thiazole rings is 1. The maximum atomic E-state index is 13.8. The molecule has 0 unspecified atom stereocenters. The lowest BCUT2D eigenvalue weighted by Gasteiger charge is -2.29. The first-order chi connectivity index (χ1) is 18.9. The number of rotatable bonds is 9. The molecule has 0 radical (unpaired) electrons. The Kier molecular flexibility index (Phi) is 10.1. The Hall–Kier alpha value is -2.67. The third kappa shape index (κ3) is 6.45. The summed E-state index contributed by atoms with van der Waals surface area (Å²) in [6.45, 7) is 4.15. The van der Waals surface area contributed by atoms with Gasteiger partial charge in [-0.25, -0.2) is 13.4 Å². The van der Waals surface area contributed by atoms with Crippen molar-refractivity contribution in [1.82, 2.24) is 9.88 Å². The topological polar surface area (TPSA) is 83.0 Å². The smallest absolute Gasteiger partial charge is 0.264 e. The van der Waals surface area contributed by atoms with Crippen molar-refractivity contribution in [2.45, 2.75) is 9.79 Å². The van der Waals surface area contributed by atoms with Crippen LogP contribution in [0.4, 0.5) is 10.8 Å². The van der Waals surface area contributed by atoms with E-state index in [-0.39, 0.29) is 23.2 Å². The maximum Gasteiger partial charge on any atom is 0.264 e. The molecule has 0 bridgehead atoms. The third-order valence-electron chi connectivity index (χ3n) is 6.69.